The molecule has 1 atom stereocenters. The quantitative estimate of drug-likeness (QED) is 0.813. The van der Waals surface area contributed by atoms with Gasteiger partial charge in [0.2, 0.25) is 5.91 Å². The Morgan fingerprint density at radius 1 is 1.35 bits per heavy atom. The summed E-state index contributed by atoms with van der Waals surface area (Å²) in [6.07, 6.45) is 0.399. The lowest BCUT2D eigenvalue weighted by Crippen LogP contribution is -2.26. The maximum atomic E-state index is 11.9. The van der Waals surface area contributed by atoms with Gasteiger partial charge >= 0.3 is 0 Å². The number of aromatic hydroxyl groups is 1. The summed E-state index contributed by atoms with van der Waals surface area (Å²) in [7, 11) is 0. The molecular formula is C13H17NO3. The average Bonchev–Trinajstić information content (AvgIpc) is 2.59. The first-order chi connectivity index (χ1) is 8.02. The maximum absolute atomic E-state index is 11.9. The number of carbonyl (C=O) groups excluding carboxylic acids is 1. The zero-order valence-corrected chi connectivity index (χ0v) is 10.1. The van der Waals surface area contributed by atoms with Crippen LogP contribution >= 0.6 is 0 Å². The molecule has 0 aliphatic carbocycles. The Balaban J connectivity index is 2.38. The van der Waals surface area contributed by atoms with Gasteiger partial charge in [-0.05, 0) is 37.1 Å². The van der Waals surface area contributed by atoms with Gasteiger partial charge in [0.25, 0.3) is 0 Å². The van der Waals surface area contributed by atoms with Gasteiger partial charge in [0.15, 0.2) is 0 Å². The first kappa shape index (κ1) is 11.9. The fourth-order valence-electron chi connectivity index (χ4n) is 2.48. The molecule has 1 unspecified atom stereocenters. The molecule has 1 aliphatic heterocycles. The van der Waals surface area contributed by atoms with Crippen molar-refractivity contribution >= 4 is 11.6 Å². The molecule has 0 aromatic heterocycles. The molecule has 0 bridgehead atoms. The van der Waals surface area contributed by atoms with Crippen molar-refractivity contribution in [2.45, 2.75) is 20.3 Å². The van der Waals surface area contributed by atoms with Gasteiger partial charge in [0.05, 0.1) is 0 Å². The van der Waals surface area contributed by atoms with E-state index in [1.807, 2.05) is 13.8 Å². The average molecular weight is 235 g/mol. The Morgan fingerprint density at radius 3 is 2.41 bits per heavy atom. The Bertz CT molecular complexity index is 433. The number of carbonyl (C=O) groups is 1. The van der Waals surface area contributed by atoms with Crippen LogP contribution in [0.5, 0.6) is 5.75 Å². The van der Waals surface area contributed by atoms with E-state index in [0.29, 0.717) is 13.0 Å². The summed E-state index contributed by atoms with van der Waals surface area (Å²) in [5, 5.41) is 18.6. The Hall–Kier alpha value is -1.55. The topological polar surface area (TPSA) is 60.8 Å². The molecule has 1 saturated heterocycles. The van der Waals surface area contributed by atoms with Crippen LogP contribution in [-0.4, -0.2) is 29.3 Å². The van der Waals surface area contributed by atoms with Gasteiger partial charge in [-0.25, -0.2) is 0 Å². The molecule has 1 aromatic carbocycles. The predicted molar refractivity (Wildman–Crippen MR) is 65.1 cm³/mol. The fraction of sp³-hybridized carbons (Fsp3) is 0.462. The number of nitrogens with zero attached hydrogens (tertiary/aromatic N) is 1. The summed E-state index contributed by atoms with van der Waals surface area (Å²) in [6, 6.07) is 3.31. The third-order valence-corrected chi connectivity index (χ3v) is 3.21. The van der Waals surface area contributed by atoms with E-state index < -0.39 is 0 Å². The number of hydrogen-bond donors (Lipinski definition) is 2. The third kappa shape index (κ3) is 2.13. The summed E-state index contributed by atoms with van der Waals surface area (Å²) in [6.45, 7) is 4.35. The highest BCUT2D eigenvalue weighted by Crippen LogP contribution is 2.33. The summed E-state index contributed by atoms with van der Waals surface area (Å²) >= 11 is 0. The number of rotatable bonds is 2. The second kappa shape index (κ2) is 4.37. The van der Waals surface area contributed by atoms with Crippen LogP contribution < -0.4 is 4.90 Å². The summed E-state index contributed by atoms with van der Waals surface area (Å²) in [5.74, 6) is 0.283. The largest absolute Gasteiger partial charge is 0.508 e. The van der Waals surface area contributed by atoms with E-state index in [0.717, 1.165) is 16.8 Å². The number of aliphatic hydroxyl groups excluding tert-OH is 1. The number of hydrogen-bond acceptors (Lipinski definition) is 3. The highest BCUT2D eigenvalue weighted by molar-refractivity contribution is 5.97. The van der Waals surface area contributed by atoms with Crippen molar-refractivity contribution in [1.29, 1.82) is 0 Å². The van der Waals surface area contributed by atoms with Crippen molar-refractivity contribution in [2.75, 3.05) is 18.1 Å². The van der Waals surface area contributed by atoms with E-state index in [1.54, 1.807) is 17.0 Å². The van der Waals surface area contributed by atoms with Crippen molar-refractivity contribution in [3.63, 3.8) is 0 Å². The smallest absolute Gasteiger partial charge is 0.227 e. The van der Waals surface area contributed by atoms with Gasteiger partial charge in [-0.15, -0.1) is 0 Å². The molecule has 92 valence electrons. The minimum Gasteiger partial charge on any atom is -0.508 e. The lowest BCUT2D eigenvalue weighted by atomic mass is 10.1. The number of phenols is 1. The van der Waals surface area contributed by atoms with Crippen LogP contribution in [0.1, 0.15) is 17.5 Å². The highest BCUT2D eigenvalue weighted by atomic mass is 16.3. The number of phenolic OH excluding ortho intramolecular Hbond substituents is 1. The van der Waals surface area contributed by atoms with E-state index in [2.05, 4.69) is 0 Å². The van der Waals surface area contributed by atoms with Crippen molar-refractivity contribution in [2.24, 2.45) is 5.92 Å². The van der Waals surface area contributed by atoms with Crippen LogP contribution in [0.4, 0.5) is 5.69 Å². The minimum absolute atomic E-state index is 0.0232. The Labute approximate surface area is 100 Å². The maximum Gasteiger partial charge on any atom is 0.227 e. The molecule has 2 rings (SSSR count). The first-order valence-corrected chi connectivity index (χ1v) is 5.74. The van der Waals surface area contributed by atoms with Crippen molar-refractivity contribution < 1.29 is 15.0 Å². The molecule has 0 radical (unpaired) electrons. The normalized spacial score (nSPS) is 20.1. The van der Waals surface area contributed by atoms with E-state index >= 15 is 0 Å². The van der Waals surface area contributed by atoms with Crippen molar-refractivity contribution in [3.05, 3.63) is 23.3 Å². The number of aryl methyl sites for hydroxylation is 2. The minimum atomic E-state index is 0.0232. The molecule has 1 fully saturated rings. The molecule has 1 aliphatic rings. The van der Waals surface area contributed by atoms with Gasteiger partial charge < -0.3 is 15.1 Å². The third-order valence-electron chi connectivity index (χ3n) is 3.21. The Morgan fingerprint density at radius 2 is 1.94 bits per heavy atom. The van der Waals surface area contributed by atoms with Gasteiger partial charge in [-0.2, -0.15) is 0 Å². The predicted octanol–water partition coefficient (Wildman–Crippen LogP) is 1.35. The molecule has 4 nitrogen and oxygen atoms in total. The first-order valence-electron chi connectivity index (χ1n) is 5.74. The lowest BCUT2D eigenvalue weighted by Gasteiger charge is -2.21. The molecule has 0 saturated carbocycles. The second-order valence-corrected chi connectivity index (χ2v) is 4.69. The van der Waals surface area contributed by atoms with Gasteiger partial charge in [0.1, 0.15) is 5.75 Å². The van der Waals surface area contributed by atoms with Crippen LogP contribution in [0.2, 0.25) is 0 Å². The standard InChI is InChI=1S/C13H17NO3/c1-8-3-11(16)4-9(2)13(8)14-6-10(7-15)5-12(14)17/h3-4,10,15-16H,5-7H2,1-2H3. The van der Waals surface area contributed by atoms with E-state index in [9.17, 15) is 9.90 Å². The molecule has 4 heteroatoms. The van der Waals surface area contributed by atoms with E-state index in [4.69, 9.17) is 5.11 Å². The number of benzene rings is 1. The second-order valence-electron chi connectivity index (χ2n) is 4.69. The van der Waals surface area contributed by atoms with Crippen LogP contribution in [0.15, 0.2) is 12.1 Å². The summed E-state index contributed by atoms with van der Waals surface area (Å²) in [5.41, 5.74) is 2.63. The molecule has 0 spiro atoms. The zero-order chi connectivity index (χ0) is 12.6. The van der Waals surface area contributed by atoms with Gasteiger partial charge in [0, 0.05) is 31.2 Å². The molecule has 1 amide bonds. The molecule has 1 heterocycles. The number of anilines is 1. The molecule has 1 aromatic rings. The van der Waals surface area contributed by atoms with Crippen LogP contribution in [-0.2, 0) is 4.79 Å². The van der Waals surface area contributed by atoms with E-state index in [-0.39, 0.29) is 24.2 Å². The molecular weight excluding hydrogens is 218 g/mol. The van der Waals surface area contributed by atoms with Gasteiger partial charge in [-0.1, -0.05) is 0 Å². The molecule has 17 heavy (non-hydrogen) atoms. The summed E-state index contributed by atoms with van der Waals surface area (Å²) in [4.78, 5) is 13.6. The van der Waals surface area contributed by atoms with Crippen LogP contribution in [0.3, 0.4) is 0 Å². The number of aliphatic hydroxyl groups is 1. The summed E-state index contributed by atoms with van der Waals surface area (Å²) < 4.78 is 0. The SMILES string of the molecule is Cc1cc(O)cc(C)c1N1CC(CO)CC1=O. The number of amides is 1. The van der Waals surface area contributed by atoms with Gasteiger partial charge in [-0.3, -0.25) is 4.79 Å². The van der Waals surface area contributed by atoms with Crippen molar-refractivity contribution in [1.82, 2.24) is 0 Å². The van der Waals surface area contributed by atoms with E-state index in [1.165, 1.54) is 0 Å². The van der Waals surface area contributed by atoms with Crippen molar-refractivity contribution in [3.8, 4) is 5.75 Å². The van der Waals surface area contributed by atoms with Crippen LogP contribution in [0.25, 0.3) is 0 Å². The lowest BCUT2D eigenvalue weighted by molar-refractivity contribution is -0.117. The van der Waals surface area contributed by atoms with Crippen LogP contribution in [0, 0.1) is 19.8 Å². The zero-order valence-electron chi connectivity index (χ0n) is 10.1. The molecule has 2 N–H and O–H groups in total. The monoisotopic (exact) mass is 235 g/mol. The fourth-order valence-corrected chi connectivity index (χ4v) is 2.48. The highest BCUT2D eigenvalue weighted by Gasteiger charge is 2.31. The Kier molecular flexibility index (Phi) is 3.07.